The van der Waals surface area contributed by atoms with Crippen molar-refractivity contribution in [1.29, 1.82) is 0 Å². The normalized spacial score (nSPS) is 16.7. The van der Waals surface area contributed by atoms with E-state index >= 15 is 0 Å². The standard InChI is InChI=1S/C15H20BrN3O3/c1-9(14(20)21)8-19(2)15(22)18-13(10-3-4-10)11-5-12(16)7-17-6-11/h5-7,9-10,13H,3-4,8H2,1-2H3,(H,18,22)(H,20,21). The van der Waals surface area contributed by atoms with Crippen molar-refractivity contribution < 1.29 is 14.7 Å². The molecule has 0 aromatic carbocycles. The van der Waals surface area contributed by atoms with E-state index < -0.39 is 11.9 Å². The number of aromatic nitrogens is 1. The van der Waals surface area contributed by atoms with Crippen LogP contribution in [0.15, 0.2) is 22.9 Å². The van der Waals surface area contributed by atoms with E-state index in [2.05, 4.69) is 26.2 Å². The maximum Gasteiger partial charge on any atom is 0.317 e. The number of carbonyl (C=O) groups is 2. The lowest BCUT2D eigenvalue weighted by molar-refractivity contribution is -0.141. The minimum Gasteiger partial charge on any atom is -0.481 e. The number of pyridine rings is 1. The SMILES string of the molecule is CC(CN(C)C(=O)NC(c1cncc(Br)c1)C1CC1)C(=O)O. The van der Waals surface area contributed by atoms with Gasteiger partial charge < -0.3 is 15.3 Å². The summed E-state index contributed by atoms with van der Waals surface area (Å²) >= 11 is 3.39. The van der Waals surface area contributed by atoms with Gasteiger partial charge in [-0.25, -0.2) is 4.79 Å². The summed E-state index contributed by atoms with van der Waals surface area (Å²) in [4.78, 5) is 28.7. The lowest BCUT2D eigenvalue weighted by Gasteiger charge is -2.25. The Labute approximate surface area is 138 Å². The number of rotatable bonds is 6. The molecule has 22 heavy (non-hydrogen) atoms. The van der Waals surface area contributed by atoms with Crippen LogP contribution in [0.3, 0.4) is 0 Å². The number of nitrogens with zero attached hydrogens (tertiary/aromatic N) is 2. The lowest BCUT2D eigenvalue weighted by Crippen LogP contribution is -2.42. The van der Waals surface area contributed by atoms with Gasteiger partial charge in [-0.15, -0.1) is 0 Å². The van der Waals surface area contributed by atoms with Gasteiger partial charge in [0.2, 0.25) is 0 Å². The summed E-state index contributed by atoms with van der Waals surface area (Å²) in [5, 5.41) is 11.9. The Kier molecular flexibility index (Phi) is 5.39. The van der Waals surface area contributed by atoms with Crippen molar-refractivity contribution in [1.82, 2.24) is 15.2 Å². The highest BCUT2D eigenvalue weighted by molar-refractivity contribution is 9.10. The zero-order valence-electron chi connectivity index (χ0n) is 12.6. The average Bonchev–Trinajstić information content (AvgIpc) is 3.28. The summed E-state index contributed by atoms with van der Waals surface area (Å²) in [5.74, 6) is -1.08. The van der Waals surface area contributed by atoms with Crippen molar-refractivity contribution in [2.75, 3.05) is 13.6 Å². The molecule has 1 aliphatic carbocycles. The van der Waals surface area contributed by atoms with Crippen molar-refractivity contribution >= 4 is 27.9 Å². The summed E-state index contributed by atoms with van der Waals surface area (Å²) in [6, 6.07) is 1.61. The fourth-order valence-corrected chi connectivity index (χ4v) is 2.70. The van der Waals surface area contributed by atoms with Crippen LogP contribution < -0.4 is 5.32 Å². The van der Waals surface area contributed by atoms with Crippen LogP contribution in [-0.4, -0.2) is 40.6 Å². The van der Waals surface area contributed by atoms with Gasteiger partial charge in [-0.1, -0.05) is 6.92 Å². The molecule has 2 unspecified atom stereocenters. The Hall–Kier alpha value is -1.63. The Morgan fingerprint density at radius 3 is 2.73 bits per heavy atom. The number of hydrogen-bond donors (Lipinski definition) is 2. The molecule has 1 saturated carbocycles. The molecule has 2 amide bonds. The molecule has 0 radical (unpaired) electrons. The molecular formula is C15H20BrN3O3. The molecule has 1 aliphatic rings. The monoisotopic (exact) mass is 369 g/mol. The lowest BCUT2D eigenvalue weighted by atomic mass is 10.0. The molecule has 0 aliphatic heterocycles. The number of carboxylic acid groups (broad SMARTS) is 1. The quantitative estimate of drug-likeness (QED) is 0.807. The fourth-order valence-electron chi connectivity index (χ4n) is 2.32. The van der Waals surface area contributed by atoms with Crippen LogP contribution in [-0.2, 0) is 4.79 Å². The van der Waals surface area contributed by atoms with E-state index in [1.54, 1.807) is 26.4 Å². The third-order valence-electron chi connectivity index (χ3n) is 3.77. The molecule has 1 aromatic rings. The fraction of sp³-hybridized carbons (Fsp3) is 0.533. The number of urea groups is 1. The third kappa shape index (κ3) is 4.43. The molecule has 2 atom stereocenters. The molecule has 6 nitrogen and oxygen atoms in total. The molecule has 1 heterocycles. The van der Waals surface area contributed by atoms with Crippen molar-refractivity contribution in [3.05, 3.63) is 28.5 Å². The van der Waals surface area contributed by atoms with Crippen molar-refractivity contribution in [3.63, 3.8) is 0 Å². The highest BCUT2D eigenvalue weighted by Gasteiger charge is 2.34. The molecule has 0 bridgehead atoms. The van der Waals surface area contributed by atoms with Crippen molar-refractivity contribution in [3.8, 4) is 0 Å². The molecule has 2 rings (SSSR count). The van der Waals surface area contributed by atoms with Crippen LogP contribution in [0.2, 0.25) is 0 Å². The van der Waals surface area contributed by atoms with Gasteiger partial charge in [0.25, 0.3) is 0 Å². The Bertz CT molecular complexity index is 563. The van der Waals surface area contributed by atoms with Gasteiger partial charge in [-0.3, -0.25) is 9.78 Å². The van der Waals surface area contributed by atoms with E-state index in [0.29, 0.717) is 5.92 Å². The second-order valence-corrected chi connectivity index (χ2v) is 6.74. The van der Waals surface area contributed by atoms with Gasteiger partial charge in [0.05, 0.1) is 12.0 Å². The summed E-state index contributed by atoms with van der Waals surface area (Å²) in [7, 11) is 1.61. The number of nitrogens with one attached hydrogen (secondary N) is 1. The summed E-state index contributed by atoms with van der Waals surface area (Å²) in [6.45, 7) is 1.76. The Morgan fingerprint density at radius 1 is 1.50 bits per heavy atom. The minimum absolute atomic E-state index is 0.0833. The molecule has 2 N–H and O–H groups in total. The van der Waals surface area contributed by atoms with Gasteiger partial charge >= 0.3 is 12.0 Å². The van der Waals surface area contributed by atoms with E-state index in [9.17, 15) is 9.59 Å². The first kappa shape index (κ1) is 16.7. The number of carboxylic acids is 1. The van der Waals surface area contributed by atoms with E-state index in [1.165, 1.54) is 4.90 Å². The van der Waals surface area contributed by atoms with Gasteiger partial charge in [-0.05, 0) is 46.3 Å². The second-order valence-electron chi connectivity index (χ2n) is 5.82. The Morgan fingerprint density at radius 2 is 2.18 bits per heavy atom. The van der Waals surface area contributed by atoms with E-state index in [-0.39, 0.29) is 18.6 Å². The molecule has 0 saturated heterocycles. The first-order chi connectivity index (χ1) is 10.4. The van der Waals surface area contributed by atoms with E-state index in [1.807, 2.05) is 6.07 Å². The first-order valence-corrected chi connectivity index (χ1v) is 8.02. The molecule has 1 aromatic heterocycles. The van der Waals surface area contributed by atoms with Gasteiger partial charge in [0.15, 0.2) is 0 Å². The van der Waals surface area contributed by atoms with Crippen molar-refractivity contribution in [2.45, 2.75) is 25.8 Å². The van der Waals surface area contributed by atoms with Crippen LogP contribution >= 0.6 is 15.9 Å². The molecular weight excluding hydrogens is 350 g/mol. The van der Waals surface area contributed by atoms with Gasteiger partial charge in [0.1, 0.15) is 0 Å². The number of carbonyl (C=O) groups excluding carboxylic acids is 1. The molecule has 0 spiro atoms. The van der Waals surface area contributed by atoms with E-state index in [4.69, 9.17) is 5.11 Å². The van der Waals surface area contributed by atoms with Gasteiger partial charge in [-0.2, -0.15) is 0 Å². The highest BCUT2D eigenvalue weighted by atomic mass is 79.9. The smallest absolute Gasteiger partial charge is 0.317 e. The number of halogens is 1. The summed E-state index contributed by atoms with van der Waals surface area (Å²) in [5.41, 5.74) is 0.963. The summed E-state index contributed by atoms with van der Waals surface area (Å²) < 4.78 is 0.873. The van der Waals surface area contributed by atoms with Gasteiger partial charge in [0, 0.05) is 30.5 Å². The van der Waals surface area contributed by atoms with Crippen LogP contribution in [0, 0.1) is 11.8 Å². The zero-order chi connectivity index (χ0) is 16.3. The Balaban J connectivity index is 2.02. The largest absolute Gasteiger partial charge is 0.481 e. The number of aliphatic carboxylic acids is 1. The molecule has 7 heteroatoms. The third-order valence-corrected chi connectivity index (χ3v) is 4.21. The van der Waals surface area contributed by atoms with E-state index in [0.717, 1.165) is 22.9 Å². The van der Waals surface area contributed by atoms with Crippen LogP contribution in [0.5, 0.6) is 0 Å². The predicted molar refractivity (Wildman–Crippen MR) is 85.4 cm³/mol. The van der Waals surface area contributed by atoms with Crippen LogP contribution in [0.4, 0.5) is 4.79 Å². The average molecular weight is 370 g/mol. The summed E-state index contributed by atoms with van der Waals surface area (Å²) in [6.07, 6.45) is 5.61. The minimum atomic E-state index is -0.908. The first-order valence-electron chi connectivity index (χ1n) is 7.23. The zero-order valence-corrected chi connectivity index (χ0v) is 14.2. The highest BCUT2D eigenvalue weighted by Crippen LogP contribution is 2.41. The maximum absolute atomic E-state index is 12.3. The topological polar surface area (TPSA) is 82.5 Å². The van der Waals surface area contributed by atoms with Crippen molar-refractivity contribution in [2.24, 2.45) is 11.8 Å². The van der Waals surface area contributed by atoms with Crippen LogP contribution in [0.1, 0.15) is 31.4 Å². The predicted octanol–water partition coefficient (Wildman–Crippen LogP) is 2.66. The number of hydrogen-bond acceptors (Lipinski definition) is 3. The molecule has 1 fully saturated rings. The second kappa shape index (κ2) is 7.09. The maximum atomic E-state index is 12.3. The van der Waals surface area contributed by atoms with Crippen LogP contribution in [0.25, 0.3) is 0 Å². The number of amides is 2. The molecule has 120 valence electrons.